The summed E-state index contributed by atoms with van der Waals surface area (Å²) >= 11 is 0. The summed E-state index contributed by atoms with van der Waals surface area (Å²) in [4.78, 5) is 15.5. The Kier molecular flexibility index (Phi) is 2.64. The number of aryl methyl sites for hydroxylation is 1. The van der Waals surface area contributed by atoms with Gasteiger partial charge in [-0.3, -0.25) is 0 Å². The predicted molar refractivity (Wildman–Crippen MR) is 71.3 cm³/mol. The van der Waals surface area contributed by atoms with E-state index in [-0.39, 0.29) is 0 Å². The number of aromatic amines is 1. The van der Waals surface area contributed by atoms with Crippen LogP contribution in [-0.4, -0.2) is 25.0 Å². The highest BCUT2D eigenvalue weighted by atomic mass is 16.3. The summed E-state index contributed by atoms with van der Waals surface area (Å²) in [5, 5.41) is 10.3. The van der Waals surface area contributed by atoms with Gasteiger partial charge in [-0.05, 0) is 12.5 Å². The second kappa shape index (κ2) is 4.33. The highest BCUT2D eigenvalue weighted by molar-refractivity contribution is 5.81. The number of imidazole rings is 1. The third-order valence-corrected chi connectivity index (χ3v) is 2.88. The molecule has 0 saturated carbocycles. The maximum Gasteiger partial charge on any atom is 0.183 e. The van der Waals surface area contributed by atoms with E-state index in [9.17, 15) is 5.11 Å². The van der Waals surface area contributed by atoms with Crippen molar-refractivity contribution in [2.45, 2.75) is 13.0 Å². The van der Waals surface area contributed by atoms with E-state index in [0.717, 1.165) is 5.56 Å². The smallest absolute Gasteiger partial charge is 0.183 e. The van der Waals surface area contributed by atoms with Gasteiger partial charge in [0.1, 0.15) is 23.3 Å². The average Bonchev–Trinajstić information content (AvgIpc) is 2.83. The van der Waals surface area contributed by atoms with Crippen molar-refractivity contribution in [3.63, 3.8) is 0 Å². The van der Waals surface area contributed by atoms with Crippen molar-refractivity contribution < 1.29 is 5.11 Å². The molecule has 3 aromatic rings. The van der Waals surface area contributed by atoms with E-state index < -0.39 is 6.10 Å². The Balaban J connectivity index is 2.09. The molecular weight excluding hydrogens is 242 g/mol. The standard InChI is InChI=1S/C13H13N5O/c1-7-15-11(14)9-12(16-7)18-13(17-9)10(19)8-5-3-2-4-6-8/h2-6,10,19H,1H3,(H3,14,15,16,17,18)/t10-/m0/s1. The van der Waals surface area contributed by atoms with Gasteiger partial charge in [0.25, 0.3) is 0 Å². The molecule has 19 heavy (non-hydrogen) atoms. The summed E-state index contributed by atoms with van der Waals surface area (Å²) in [6, 6.07) is 9.27. The Morgan fingerprint density at radius 3 is 2.63 bits per heavy atom. The molecule has 2 aromatic heterocycles. The van der Waals surface area contributed by atoms with E-state index in [4.69, 9.17) is 5.73 Å². The zero-order chi connectivity index (χ0) is 13.4. The van der Waals surface area contributed by atoms with E-state index in [1.807, 2.05) is 30.3 Å². The maximum absolute atomic E-state index is 10.3. The van der Waals surface area contributed by atoms with E-state index in [1.54, 1.807) is 6.92 Å². The number of nitrogens with zero attached hydrogens (tertiary/aromatic N) is 3. The molecule has 0 aliphatic carbocycles. The Hall–Kier alpha value is -2.47. The lowest BCUT2D eigenvalue weighted by Gasteiger charge is -2.06. The zero-order valence-electron chi connectivity index (χ0n) is 10.3. The van der Waals surface area contributed by atoms with Crippen LogP contribution < -0.4 is 5.73 Å². The molecule has 0 amide bonds. The Morgan fingerprint density at radius 1 is 1.16 bits per heavy atom. The molecule has 1 atom stereocenters. The molecule has 0 spiro atoms. The van der Waals surface area contributed by atoms with Crippen LogP contribution >= 0.6 is 0 Å². The van der Waals surface area contributed by atoms with Crippen molar-refractivity contribution >= 4 is 17.0 Å². The highest BCUT2D eigenvalue weighted by Crippen LogP contribution is 2.23. The summed E-state index contributed by atoms with van der Waals surface area (Å²) in [5.41, 5.74) is 7.58. The minimum Gasteiger partial charge on any atom is -0.382 e. The summed E-state index contributed by atoms with van der Waals surface area (Å²) in [5.74, 6) is 1.30. The second-order valence-corrected chi connectivity index (χ2v) is 4.29. The number of benzene rings is 1. The molecular formula is C13H13N5O. The summed E-state index contributed by atoms with van der Waals surface area (Å²) < 4.78 is 0. The molecule has 0 aliphatic rings. The van der Waals surface area contributed by atoms with Gasteiger partial charge < -0.3 is 15.8 Å². The van der Waals surface area contributed by atoms with Crippen molar-refractivity contribution in [3.05, 3.63) is 47.5 Å². The fourth-order valence-corrected chi connectivity index (χ4v) is 1.97. The van der Waals surface area contributed by atoms with Gasteiger partial charge in [0, 0.05) is 0 Å². The number of rotatable bonds is 2. The van der Waals surface area contributed by atoms with Gasteiger partial charge in [-0.15, -0.1) is 0 Å². The first kappa shape index (κ1) is 11.6. The van der Waals surface area contributed by atoms with Gasteiger partial charge in [-0.2, -0.15) is 0 Å². The van der Waals surface area contributed by atoms with Gasteiger partial charge >= 0.3 is 0 Å². The maximum atomic E-state index is 10.3. The fraction of sp³-hybridized carbons (Fsp3) is 0.154. The monoisotopic (exact) mass is 255 g/mol. The molecule has 1 aromatic carbocycles. The fourth-order valence-electron chi connectivity index (χ4n) is 1.97. The van der Waals surface area contributed by atoms with E-state index in [0.29, 0.717) is 28.6 Å². The lowest BCUT2D eigenvalue weighted by atomic mass is 10.1. The van der Waals surface area contributed by atoms with E-state index >= 15 is 0 Å². The number of nitrogen functional groups attached to an aromatic ring is 1. The first-order valence-corrected chi connectivity index (χ1v) is 5.88. The largest absolute Gasteiger partial charge is 0.382 e. The van der Waals surface area contributed by atoms with Crippen LogP contribution in [0.2, 0.25) is 0 Å². The van der Waals surface area contributed by atoms with Crippen molar-refractivity contribution in [1.82, 2.24) is 19.9 Å². The molecule has 96 valence electrons. The number of aliphatic hydroxyl groups is 1. The quantitative estimate of drug-likeness (QED) is 0.641. The number of hydrogen-bond donors (Lipinski definition) is 3. The third kappa shape index (κ3) is 2.02. The molecule has 0 radical (unpaired) electrons. The molecule has 4 N–H and O–H groups in total. The van der Waals surface area contributed by atoms with Crippen LogP contribution in [0.5, 0.6) is 0 Å². The van der Waals surface area contributed by atoms with Crippen molar-refractivity contribution in [2.24, 2.45) is 0 Å². The van der Waals surface area contributed by atoms with Crippen molar-refractivity contribution in [1.29, 1.82) is 0 Å². The molecule has 0 saturated heterocycles. The molecule has 0 unspecified atom stereocenters. The normalized spacial score (nSPS) is 12.7. The molecule has 6 nitrogen and oxygen atoms in total. The number of fused-ring (bicyclic) bond motifs is 1. The van der Waals surface area contributed by atoms with Crippen LogP contribution in [0.3, 0.4) is 0 Å². The van der Waals surface area contributed by atoms with Crippen LogP contribution in [0.1, 0.15) is 23.3 Å². The lowest BCUT2D eigenvalue weighted by Crippen LogP contribution is -2.01. The number of hydrogen-bond acceptors (Lipinski definition) is 5. The number of H-pyrrole nitrogens is 1. The predicted octanol–water partition coefficient (Wildman–Crippen LogP) is 1.33. The second-order valence-electron chi connectivity index (χ2n) is 4.29. The highest BCUT2D eigenvalue weighted by Gasteiger charge is 2.16. The van der Waals surface area contributed by atoms with Gasteiger partial charge in [0.2, 0.25) is 0 Å². The minimum absolute atomic E-state index is 0.335. The summed E-state index contributed by atoms with van der Waals surface area (Å²) in [6.07, 6.45) is -0.838. The van der Waals surface area contributed by atoms with Crippen molar-refractivity contribution in [3.8, 4) is 0 Å². The molecule has 0 bridgehead atoms. The van der Waals surface area contributed by atoms with Gasteiger partial charge in [0.15, 0.2) is 11.5 Å². The molecule has 3 rings (SSSR count). The topological polar surface area (TPSA) is 101 Å². The first-order chi connectivity index (χ1) is 9.15. The van der Waals surface area contributed by atoms with Gasteiger partial charge in [-0.1, -0.05) is 30.3 Å². The number of nitrogens with one attached hydrogen (secondary N) is 1. The first-order valence-electron chi connectivity index (χ1n) is 5.88. The molecule has 0 fully saturated rings. The molecule has 6 heteroatoms. The van der Waals surface area contributed by atoms with E-state index in [1.165, 1.54) is 0 Å². The lowest BCUT2D eigenvalue weighted by molar-refractivity contribution is 0.211. The van der Waals surface area contributed by atoms with Crippen LogP contribution in [0, 0.1) is 6.92 Å². The third-order valence-electron chi connectivity index (χ3n) is 2.88. The molecule has 0 aliphatic heterocycles. The van der Waals surface area contributed by atoms with E-state index in [2.05, 4.69) is 19.9 Å². The van der Waals surface area contributed by atoms with Gasteiger partial charge in [0.05, 0.1) is 0 Å². The zero-order valence-corrected chi connectivity index (χ0v) is 10.3. The van der Waals surface area contributed by atoms with Crippen LogP contribution in [0.25, 0.3) is 11.2 Å². The van der Waals surface area contributed by atoms with Gasteiger partial charge in [-0.25, -0.2) is 15.0 Å². The van der Waals surface area contributed by atoms with Crippen LogP contribution in [0.4, 0.5) is 5.82 Å². The Morgan fingerprint density at radius 2 is 1.89 bits per heavy atom. The Bertz CT molecular complexity index is 722. The van der Waals surface area contributed by atoms with Crippen LogP contribution in [-0.2, 0) is 0 Å². The summed E-state index contributed by atoms with van der Waals surface area (Å²) in [7, 11) is 0. The SMILES string of the molecule is Cc1nc(N)c2[nH]c([C@@H](O)c3ccccc3)nc2n1. The average molecular weight is 255 g/mol. The Labute approximate surface area is 109 Å². The molecule has 2 heterocycles. The summed E-state index contributed by atoms with van der Waals surface area (Å²) in [6.45, 7) is 1.75. The minimum atomic E-state index is -0.838. The number of aromatic nitrogens is 4. The number of nitrogens with two attached hydrogens (primary N) is 1. The number of aliphatic hydroxyl groups excluding tert-OH is 1. The van der Waals surface area contributed by atoms with Crippen LogP contribution in [0.15, 0.2) is 30.3 Å². The van der Waals surface area contributed by atoms with Crippen molar-refractivity contribution in [2.75, 3.05) is 5.73 Å². The number of anilines is 1.